The molecule has 0 radical (unpaired) electrons. The Morgan fingerprint density at radius 2 is 1.96 bits per heavy atom. The minimum absolute atomic E-state index is 0.152. The molecular formula is C19H21N5OS. The van der Waals surface area contributed by atoms with Gasteiger partial charge in [0, 0.05) is 16.9 Å². The summed E-state index contributed by atoms with van der Waals surface area (Å²) in [5.74, 6) is 0.432. The van der Waals surface area contributed by atoms with E-state index in [1.165, 1.54) is 0 Å². The molecule has 1 aliphatic heterocycles. The van der Waals surface area contributed by atoms with Crippen LogP contribution < -0.4 is 0 Å². The number of benzene rings is 1. The first-order valence-electron chi connectivity index (χ1n) is 8.86. The van der Waals surface area contributed by atoms with Crippen LogP contribution in [-0.2, 0) is 11.2 Å². The van der Waals surface area contributed by atoms with E-state index in [4.69, 9.17) is 0 Å². The normalized spacial score (nSPS) is 16.2. The number of likely N-dealkylation sites (tertiary alicyclic amines) is 1. The fraction of sp³-hybridized carbons (Fsp3) is 0.421. The Kier molecular flexibility index (Phi) is 4.74. The summed E-state index contributed by atoms with van der Waals surface area (Å²) in [4.78, 5) is 14.9. The number of ketones is 1. The molecule has 0 atom stereocenters. The molecule has 0 saturated carbocycles. The van der Waals surface area contributed by atoms with Crippen molar-refractivity contribution in [3.8, 4) is 10.6 Å². The van der Waals surface area contributed by atoms with E-state index in [-0.39, 0.29) is 11.7 Å². The first-order valence-corrected chi connectivity index (χ1v) is 9.68. The number of aryl methyl sites for hydroxylation is 1. The highest BCUT2D eigenvalue weighted by Crippen LogP contribution is 2.26. The van der Waals surface area contributed by atoms with Gasteiger partial charge in [-0.2, -0.15) is 10.2 Å². The Morgan fingerprint density at radius 3 is 2.69 bits per heavy atom. The van der Waals surface area contributed by atoms with E-state index >= 15 is 0 Å². The van der Waals surface area contributed by atoms with Crippen molar-refractivity contribution in [2.45, 2.75) is 26.2 Å². The summed E-state index contributed by atoms with van der Waals surface area (Å²) >= 11 is 1.57. The quantitative estimate of drug-likeness (QED) is 0.706. The molecule has 134 valence electrons. The van der Waals surface area contributed by atoms with Crippen molar-refractivity contribution in [2.75, 3.05) is 20.1 Å². The molecule has 3 heterocycles. The summed E-state index contributed by atoms with van der Waals surface area (Å²) < 4.78 is 0. The molecule has 4 rings (SSSR count). The second-order valence-electron chi connectivity index (χ2n) is 6.96. The zero-order chi connectivity index (χ0) is 18.1. The van der Waals surface area contributed by atoms with Crippen molar-refractivity contribution in [3.63, 3.8) is 0 Å². The molecule has 7 heteroatoms. The maximum absolute atomic E-state index is 12.6. The third-order valence-corrected chi connectivity index (χ3v) is 5.83. The summed E-state index contributed by atoms with van der Waals surface area (Å²) in [5.41, 5.74) is 2.58. The molecule has 0 amide bonds. The van der Waals surface area contributed by atoms with Crippen LogP contribution in [0.2, 0.25) is 0 Å². The van der Waals surface area contributed by atoms with Crippen molar-refractivity contribution in [1.82, 2.24) is 25.3 Å². The van der Waals surface area contributed by atoms with Crippen molar-refractivity contribution < 1.29 is 4.79 Å². The number of piperidine rings is 1. The largest absolute Gasteiger partial charge is 0.306 e. The number of carbonyl (C=O) groups is 1. The summed E-state index contributed by atoms with van der Waals surface area (Å²) in [6.07, 6.45) is 2.24. The Labute approximate surface area is 156 Å². The summed E-state index contributed by atoms with van der Waals surface area (Å²) in [6, 6.07) is 7.96. The van der Waals surface area contributed by atoms with Crippen molar-refractivity contribution in [1.29, 1.82) is 0 Å². The molecular weight excluding hydrogens is 346 g/mol. The van der Waals surface area contributed by atoms with E-state index in [1.807, 2.05) is 31.2 Å². The maximum atomic E-state index is 12.6. The molecule has 1 fully saturated rings. The number of fused-ring (bicyclic) bond motifs is 1. The molecule has 2 aromatic heterocycles. The van der Waals surface area contributed by atoms with Crippen LogP contribution in [-0.4, -0.2) is 51.2 Å². The summed E-state index contributed by atoms with van der Waals surface area (Å²) in [7, 11) is 2.10. The first-order chi connectivity index (χ1) is 12.6. The van der Waals surface area contributed by atoms with Crippen LogP contribution in [0, 0.1) is 12.8 Å². The van der Waals surface area contributed by atoms with Crippen LogP contribution in [0.4, 0.5) is 0 Å². The van der Waals surface area contributed by atoms with Gasteiger partial charge in [0.1, 0.15) is 15.8 Å². The summed E-state index contributed by atoms with van der Waals surface area (Å²) in [5, 5.41) is 19.6. The predicted molar refractivity (Wildman–Crippen MR) is 102 cm³/mol. The SMILES string of the molecule is Cc1nnc(-c2ccc3nnc(CC(=O)C4CCN(C)CC4)cc3c2)s1. The molecule has 1 aromatic carbocycles. The van der Waals surface area contributed by atoms with E-state index < -0.39 is 0 Å². The topological polar surface area (TPSA) is 71.9 Å². The molecule has 0 aliphatic carbocycles. The van der Waals surface area contributed by atoms with E-state index in [0.717, 1.165) is 58.1 Å². The van der Waals surface area contributed by atoms with Crippen molar-refractivity contribution in [2.24, 2.45) is 5.92 Å². The fourth-order valence-corrected chi connectivity index (χ4v) is 4.06. The number of rotatable bonds is 4. The van der Waals surface area contributed by atoms with Crippen LogP contribution in [0.25, 0.3) is 21.5 Å². The van der Waals surface area contributed by atoms with Gasteiger partial charge in [0.2, 0.25) is 0 Å². The Morgan fingerprint density at radius 1 is 1.15 bits per heavy atom. The second kappa shape index (κ2) is 7.17. The Hall–Kier alpha value is -2.25. The zero-order valence-corrected chi connectivity index (χ0v) is 15.8. The average molecular weight is 367 g/mol. The standard InChI is InChI=1S/C19H21N5OS/c1-12-20-23-19(26-12)14-3-4-17-15(9-14)10-16(21-22-17)11-18(25)13-5-7-24(2)8-6-13/h3-4,9-10,13H,5-8,11H2,1-2H3. The smallest absolute Gasteiger partial charge is 0.147 e. The van der Waals surface area contributed by atoms with E-state index in [1.54, 1.807) is 11.3 Å². The molecule has 1 aliphatic rings. The van der Waals surface area contributed by atoms with Gasteiger partial charge in [-0.1, -0.05) is 11.3 Å². The van der Waals surface area contributed by atoms with E-state index in [9.17, 15) is 4.79 Å². The lowest BCUT2D eigenvalue weighted by Gasteiger charge is -2.27. The molecule has 26 heavy (non-hydrogen) atoms. The van der Waals surface area contributed by atoms with Gasteiger partial charge >= 0.3 is 0 Å². The predicted octanol–water partition coefficient (Wildman–Crippen LogP) is 2.91. The number of hydrogen-bond donors (Lipinski definition) is 0. The van der Waals surface area contributed by atoms with Gasteiger partial charge in [0.05, 0.1) is 17.6 Å². The lowest BCUT2D eigenvalue weighted by Crippen LogP contribution is -2.34. The van der Waals surface area contributed by atoms with Crippen LogP contribution in [0.1, 0.15) is 23.5 Å². The highest BCUT2D eigenvalue weighted by Gasteiger charge is 2.23. The van der Waals surface area contributed by atoms with Gasteiger partial charge in [0.25, 0.3) is 0 Å². The number of Topliss-reactive ketones (excluding diaryl/α,β-unsaturated/α-hetero) is 1. The highest BCUT2D eigenvalue weighted by atomic mass is 32.1. The van der Waals surface area contributed by atoms with Gasteiger partial charge < -0.3 is 4.90 Å². The van der Waals surface area contributed by atoms with Gasteiger partial charge in [-0.15, -0.1) is 10.2 Å². The molecule has 0 N–H and O–H groups in total. The van der Waals surface area contributed by atoms with Crippen LogP contribution in [0.15, 0.2) is 24.3 Å². The maximum Gasteiger partial charge on any atom is 0.147 e. The minimum atomic E-state index is 0.152. The summed E-state index contributed by atoms with van der Waals surface area (Å²) in [6.45, 7) is 3.93. The molecule has 0 unspecified atom stereocenters. The number of nitrogens with zero attached hydrogens (tertiary/aromatic N) is 5. The van der Waals surface area contributed by atoms with E-state index in [0.29, 0.717) is 6.42 Å². The molecule has 0 spiro atoms. The van der Waals surface area contributed by atoms with Crippen molar-refractivity contribution in [3.05, 3.63) is 35.0 Å². The average Bonchev–Trinajstić information content (AvgIpc) is 3.08. The Balaban J connectivity index is 1.55. The van der Waals surface area contributed by atoms with Gasteiger partial charge in [0.15, 0.2) is 0 Å². The third kappa shape index (κ3) is 3.64. The Bertz CT molecular complexity index is 946. The highest BCUT2D eigenvalue weighted by molar-refractivity contribution is 7.14. The van der Waals surface area contributed by atoms with E-state index in [2.05, 4.69) is 32.3 Å². The fourth-order valence-electron chi connectivity index (χ4n) is 3.37. The van der Waals surface area contributed by atoms with Crippen molar-refractivity contribution >= 4 is 28.0 Å². The molecule has 6 nitrogen and oxygen atoms in total. The molecule has 0 bridgehead atoms. The number of aromatic nitrogens is 4. The lowest BCUT2D eigenvalue weighted by molar-refractivity contribution is -0.123. The lowest BCUT2D eigenvalue weighted by atomic mass is 9.90. The zero-order valence-electron chi connectivity index (χ0n) is 15.0. The van der Waals surface area contributed by atoms with Crippen LogP contribution >= 0.6 is 11.3 Å². The number of hydrogen-bond acceptors (Lipinski definition) is 7. The molecule has 1 saturated heterocycles. The monoisotopic (exact) mass is 367 g/mol. The van der Waals surface area contributed by atoms with Gasteiger partial charge in [-0.25, -0.2) is 0 Å². The van der Waals surface area contributed by atoms with Gasteiger partial charge in [-0.05, 0) is 64.2 Å². The third-order valence-electron chi connectivity index (χ3n) is 4.94. The first kappa shape index (κ1) is 17.2. The minimum Gasteiger partial charge on any atom is -0.306 e. The second-order valence-corrected chi connectivity index (χ2v) is 8.14. The van der Waals surface area contributed by atoms with Gasteiger partial charge in [-0.3, -0.25) is 4.79 Å². The molecule has 3 aromatic rings. The van der Waals surface area contributed by atoms with Crippen LogP contribution in [0.5, 0.6) is 0 Å². The van der Waals surface area contributed by atoms with Crippen LogP contribution in [0.3, 0.4) is 0 Å². The number of carbonyl (C=O) groups excluding carboxylic acids is 1.